The molecule has 118 valence electrons. The van der Waals surface area contributed by atoms with Crippen LogP contribution >= 0.6 is 0 Å². The predicted octanol–water partition coefficient (Wildman–Crippen LogP) is 0.723. The zero-order valence-corrected chi connectivity index (χ0v) is 12.4. The average Bonchev–Trinajstić information content (AvgIpc) is 3.17. The highest BCUT2D eigenvalue weighted by atomic mass is 16.3. The fourth-order valence-corrected chi connectivity index (χ4v) is 3.11. The number of hydrogen-bond donors (Lipinski definition) is 2. The van der Waals surface area contributed by atoms with Gasteiger partial charge in [0.25, 0.3) is 0 Å². The number of benzene rings is 1. The minimum atomic E-state index is -0.481. The smallest absolute Gasteiger partial charge is 0.242 e. The Morgan fingerprint density at radius 2 is 2.17 bits per heavy atom. The summed E-state index contributed by atoms with van der Waals surface area (Å²) in [5.74, 6) is -0.118. The molecule has 2 aromatic heterocycles. The summed E-state index contributed by atoms with van der Waals surface area (Å²) in [6.45, 7) is 0.159. The molecule has 1 saturated carbocycles. The normalized spacial score (nSPS) is 23.6. The van der Waals surface area contributed by atoms with E-state index in [-0.39, 0.29) is 24.5 Å². The molecule has 1 aliphatic rings. The van der Waals surface area contributed by atoms with Gasteiger partial charge in [-0.15, -0.1) is 0 Å². The number of aliphatic hydroxyl groups is 1. The zero-order chi connectivity index (χ0) is 15.8. The Bertz CT molecular complexity index is 826. The van der Waals surface area contributed by atoms with Crippen molar-refractivity contribution in [1.82, 2.24) is 24.9 Å². The van der Waals surface area contributed by atoms with E-state index in [2.05, 4.69) is 15.5 Å². The average molecular weight is 311 g/mol. The third-order valence-corrected chi connectivity index (χ3v) is 4.32. The van der Waals surface area contributed by atoms with E-state index in [4.69, 9.17) is 0 Å². The minimum absolute atomic E-state index is 0.112. The van der Waals surface area contributed by atoms with E-state index in [0.29, 0.717) is 6.42 Å². The van der Waals surface area contributed by atoms with Gasteiger partial charge in [-0.05, 0) is 18.6 Å². The van der Waals surface area contributed by atoms with Crippen molar-refractivity contribution >= 4 is 16.8 Å². The van der Waals surface area contributed by atoms with Crippen LogP contribution in [0.2, 0.25) is 0 Å². The zero-order valence-electron chi connectivity index (χ0n) is 12.4. The number of hydrogen-bond acceptors (Lipinski definition) is 4. The molecule has 0 spiro atoms. The van der Waals surface area contributed by atoms with Gasteiger partial charge in [0.15, 0.2) is 0 Å². The van der Waals surface area contributed by atoms with Gasteiger partial charge in [0, 0.05) is 17.8 Å². The molecule has 4 rings (SSSR count). The Hall–Kier alpha value is -2.67. The SMILES string of the molecule is O=C(Cn1ncc2ccccc21)N[C@H]1C[C@@H](O)[C@@H]1n1cccn1. The molecule has 0 aliphatic heterocycles. The van der Waals surface area contributed by atoms with Crippen molar-refractivity contribution < 1.29 is 9.90 Å². The van der Waals surface area contributed by atoms with E-state index >= 15 is 0 Å². The van der Waals surface area contributed by atoms with E-state index in [1.165, 1.54) is 0 Å². The lowest BCUT2D eigenvalue weighted by Gasteiger charge is -2.41. The van der Waals surface area contributed by atoms with Gasteiger partial charge < -0.3 is 10.4 Å². The first-order valence-corrected chi connectivity index (χ1v) is 7.59. The van der Waals surface area contributed by atoms with Gasteiger partial charge in [0.1, 0.15) is 6.54 Å². The quantitative estimate of drug-likeness (QED) is 0.743. The number of amides is 1. The second kappa shape index (κ2) is 5.51. The molecule has 2 heterocycles. The summed E-state index contributed by atoms with van der Waals surface area (Å²) >= 11 is 0. The molecule has 1 fully saturated rings. The topological polar surface area (TPSA) is 85.0 Å². The second-order valence-electron chi connectivity index (χ2n) is 5.81. The number of aliphatic hydroxyl groups excluding tert-OH is 1. The van der Waals surface area contributed by atoms with Gasteiger partial charge in [-0.1, -0.05) is 18.2 Å². The molecule has 1 aromatic carbocycles. The number of aromatic nitrogens is 4. The van der Waals surface area contributed by atoms with Gasteiger partial charge in [0.05, 0.1) is 29.9 Å². The Balaban J connectivity index is 1.44. The molecule has 0 bridgehead atoms. The van der Waals surface area contributed by atoms with Gasteiger partial charge in [-0.3, -0.25) is 14.2 Å². The maximum Gasteiger partial charge on any atom is 0.242 e. The van der Waals surface area contributed by atoms with Gasteiger partial charge in [0.2, 0.25) is 5.91 Å². The van der Waals surface area contributed by atoms with Gasteiger partial charge in [-0.2, -0.15) is 10.2 Å². The largest absolute Gasteiger partial charge is 0.391 e. The van der Waals surface area contributed by atoms with E-state index in [0.717, 1.165) is 10.9 Å². The first-order valence-electron chi connectivity index (χ1n) is 7.59. The molecule has 7 nitrogen and oxygen atoms in total. The molecule has 23 heavy (non-hydrogen) atoms. The minimum Gasteiger partial charge on any atom is -0.391 e. The highest BCUT2D eigenvalue weighted by Crippen LogP contribution is 2.32. The standard InChI is InChI=1S/C16H17N5O2/c22-14-8-12(16(14)20-7-3-6-17-20)19-15(23)10-21-13-5-2-1-4-11(13)9-18-21/h1-7,9,12,14,16,22H,8,10H2,(H,19,23)/t12-,14+,16+/m0/s1. The van der Waals surface area contributed by atoms with Crippen LogP contribution in [0.3, 0.4) is 0 Å². The third-order valence-electron chi connectivity index (χ3n) is 4.32. The number of nitrogens with zero attached hydrogens (tertiary/aromatic N) is 4. The van der Waals surface area contributed by atoms with Crippen LogP contribution in [0.4, 0.5) is 0 Å². The first kappa shape index (κ1) is 14.0. The second-order valence-corrected chi connectivity index (χ2v) is 5.81. The number of carbonyl (C=O) groups excluding carboxylic acids is 1. The van der Waals surface area contributed by atoms with Crippen LogP contribution in [0.5, 0.6) is 0 Å². The molecule has 1 aliphatic carbocycles. The van der Waals surface area contributed by atoms with Crippen molar-refractivity contribution in [2.75, 3.05) is 0 Å². The molecular weight excluding hydrogens is 294 g/mol. The Morgan fingerprint density at radius 3 is 2.96 bits per heavy atom. The molecule has 1 amide bonds. The predicted molar refractivity (Wildman–Crippen MR) is 83.6 cm³/mol. The Morgan fingerprint density at radius 1 is 1.30 bits per heavy atom. The molecule has 0 saturated heterocycles. The Labute approximate surface area is 132 Å². The highest BCUT2D eigenvalue weighted by molar-refractivity contribution is 5.82. The van der Waals surface area contributed by atoms with Crippen LogP contribution in [0.25, 0.3) is 10.9 Å². The fraction of sp³-hybridized carbons (Fsp3) is 0.312. The summed E-state index contributed by atoms with van der Waals surface area (Å²) in [6.07, 6.45) is 5.27. The van der Waals surface area contributed by atoms with Gasteiger partial charge in [-0.25, -0.2) is 0 Å². The molecule has 0 radical (unpaired) electrons. The molecule has 2 N–H and O–H groups in total. The van der Waals surface area contributed by atoms with E-state index in [1.807, 2.05) is 24.3 Å². The van der Waals surface area contributed by atoms with E-state index in [1.54, 1.807) is 34.0 Å². The van der Waals surface area contributed by atoms with Crippen LogP contribution in [-0.2, 0) is 11.3 Å². The number of nitrogens with one attached hydrogen (secondary N) is 1. The summed E-state index contributed by atoms with van der Waals surface area (Å²) in [6, 6.07) is 9.26. The Kier molecular flexibility index (Phi) is 3.34. The van der Waals surface area contributed by atoms with Crippen LogP contribution in [0.15, 0.2) is 48.9 Å². The van der Waals surface area contributed by atoms with Crippen molar-refractivity contribution in [3.05, 3.63) is 48.9 Å². The molecule has 3 aromatic rings. The highest BCUT2D eigenvalue weighted by Gasteiger charge is 2.42. The van der Waals surface area contributed by atoms with Crippen LogP contribution in [0.1, 0.15) is 12.5 Å². The molecule has 0 unspecified atom stereocenters. The summed E-state index contributed by atoms with van der Waals surface area (Å²) in [7, 11) is 0. The summed E-state index contributed by atoms with van der Waals surface area (Å²) in [4.78, 5) is 12.3. The maximum atomic E-state index is 12.3. The van der Waals surface area contributed by atoms with Crippen LogP contribution in [-0.4, -0.2) is 42.7 Å². The lowest BCUT2D eigenvalue weighted by molar-refractivity contribution is -0.125. The lowest BCUT2D eigenvalue weighted by atomic mass is 9.83. The first-order chi connectivity index (χ1) is 11.2. The summed E-state index contributed by atoms with van der Waals surface area (Å²) in [5.41, 5.74) is 0.930. The monoisotopic (exact) mass is 311 g/mol. The summed E-state index contributed by atoms with van der Waals surface area (Å²) in [5, 5.41) is 22.3. The third kappa shape index (κ3) is 2.49. The molecule has 7 heteroatoms. The van der Waals surface area contributed by atoms with Crippen molar-refractivity contribution in [3.8, 4) is 0 Å². The van der Waals surface area contributed by atoms with Crippen molar-refractivity contribution in [2.45, 2.75) is 31.2 Å². The number of rotatable bonds is 4. The maximum absolute atomic E-state index is 12.3. The molecular formula is C16H17N5O2. The van der Waals surface area contributed by atoms with Crippen LogP contribution < -0.4 is 5.32 Å². The fourth-order valence-electron chi connectivity index (χ4n) is 3.11. The molecule has 3 atom stereocenters. The van der Waals surface area contributed by atoms with Crippen LogP contribution in [0, 0.1) is 0 Å². The van der Waals surface area contributed by atoms with E-state index in [9.17, 15) is 9.90 Å². The number of carbonyl (C=O) groups is 1. The summed E-state index contributed by atoms with van der Waals surface area (Å²) < 4.78 is 3.38. The van der Waals surface area contributed by atoms with Crippen molar-refractivity contribution in [3.63, 3.8) is 0 Å². The van der Waals surface area contributed by atoms with Crippen molar-refractivity contribution in [2.24, 2.45) is 0 Å². The number of para-hydroxylation sites is 1. The van der Waals surface area contributed by atoms with Crippen molar-refractivity contribution in [1.29, 1.82) is 0 Å². The van der Waals surface area contributed by atoms with Gasteiger partial charge >= 0.3 is 0 Å². The lowest BCUT2D eigenvalue weighted by Crippen LogP contribution is -2.56. The number of fused-ring (bicyclic) bond motifs is 1. The van der Waals surface area contributed by atoms with E-state index < -0.39 is 6.10 Å².